The Morgan fingerprint density at radius 1 is 1.19 bits per heavy atom. The van der Waals surface area contributed by atoms with Crippen molar-refractivity contribution in [1.29, 1.82) is 0 Å². The Hall–Kier alpha value is -1.51. The van der Waals surface area contributed by atoms with Crippen LogP contribution >= 0.6 is 0 Å². The second-order valence-corrected chi connectivity index (χ2v) is 4.84. The van der Waals surface area contributed by atoms with Crippen molar-refractivity contribution in [3.8, 4) is 5.75 Å². The number of rotatable bonds is 0. The first kappa shape index (κ1) is 9.70. The van der Waals surface area contributed by atoms with E-state index in [0.29, 0.717) is 5.75 Å². The number of phenolic OH excluding ortho intramolecular Hbond substituents is 1. The number of benzene rings is 1. The van der Waals surface area contributed by atoms with E-state index in [-0.39, 0.29) is 17.9 Å². The lowest BCUT2D eigenvalue weighted by Gasteiger charge is -2.33. The molecule has 0 radical (unpaired) electrons. The van der Waals surface area contributed by atoms with E-state index in [0.717, 1.165) is 31.2 Å². The average molecular weight is 217 g/mol. The Morgan fingerprint density at radius 2 is 2.06 bits per heavy atom. The molecule has 2 bridgehead atoms. The molecular formula is C13H15NO2. The Balaban J connectivity index is 2.03. The average Bonchev–Trinajstić information content (AvgIpc) is 2.22. The summed E-state index contributed by atoms with van der Waals surface area (Å²) >= 11 is 0. The minimum absolute atomic E-state index is 0.0945. The first-order valence-electron chi connectivity index (χ1n) is 5.83. The van der Waals surface area contributed by atoms with Gasteiger partial charge in [-0.25, -0.2) is 0 Å². The topological polar surface area (TPSA) is 49.3 Å². The number of carbonyl (C=O) groups is 1. The predicted molar refractivity (Wildman–Crippen MR) is 60.2 cm³/mol. The van der Waals surface area contributed by atoms with Gasteiger partial charge in [0, 0.05) is 12.0 Å². The summed E-state index contributed by atoms with van der Waals surface area (Å²) < 4.78 is 0. The summed E-state index contributed by atoms with van der Waals surface area (Å²) in [7, 11) is 0. The maximum absolute atomic E-state index is 11.7. The highest BCUT2D eigenvalue weighted by Crippen LogP contribution is 2.29. The smallest absolute Gasteiger partial charge is 0.223 e. The summed E-state index contributed by atoms with van der Waals surface area (Å²) in [5.41, 5.74) is 2.41. The van der Waals surface area contributed by atoms with E-state index in [2.05, 4.69) is 5.32 Å². The van der Waals surface area contributed by atoms with E-state index in [1.54, 1.807) is 6.07 Å². The van der Waals surface area contributed by atoms with Crippen LogP contribution in [0.5, 0.6) is 5.75 Å². The lowest BCUT2D eigenvalue weighted by atomic mass is 9.81. The van der Waals surface area contributed by atoms with Crippen LogP contribution in [-0.2, 0) is 17.6 Å². The van der Waals surface area contributed by atoms with Gasteiger partial charge in [-0.3, -0.25) is 4.79 Å². The number of hydrogen-bond donors (Lipinski definition) is 2. The van der Waals surface area contributed by atoms with E-state index in [4.69, 9.17) is 0 Å². The summed E-state index contributed by atoms with van der Waals surface area (Å²) in [4.78, 5) is 11.7. The third-order valence-corrected chi connectivity index (χ3v) is 3.70. The number of aromatic hydroxyl groups is 1. The fraction of sp³-hybridized carbons (Fsp3) is 0.462. The molecule has 4 rings (SSSR count). The van der Waals surface area contributed by atoms with Gasteiger partial charge in [0.2, 0.25) is 5.91 Å². The molecule has 84 valence electrons. The molecule has 0 spiro atoms. The second-order valence-electron chi connectivity index (χ2n) is 4.84. The highest BCUT2D eigenvalue weighted by atomic mass is 16.3. The molecular weight excluding hydrogens is 202 g/mol. The summed E-state index contributed by atoms with van der Waals surface area (Å²) in [6.07, 6.45) is 3.72. The molecule has 1 aliphatic carbocycles. The van der Waals surface area contributed by atoms with Crippen LogP contribution in [0.15, 0.2) is 18.2 Å². The zero-order chi connectivity index (χ0) is 11.1. The summed E-state index contributed by atoms with van der Waals surface area (Å²) in [6.45, 7) is 0. The minimum Gasteiger partial charge on any atom is -0.508 e. The van der Waals surface area contributed by atoms with Gasteiger partial charge in [-0.05, 0) is 48.9 Å². The van der Waals surface area contributed by atoms with Gasteiger partial charge in [0.1, 0.15) is 5.75 Å². The van der Waals surface area contributed by atoms with Crippen LogP contribution in [0.2, 0.25) is 0 Å². The quantitative estimate of drug-likeness (QED) is 0.690. The third kappa shape index (κ3) is 1.56. The largest absolute Gasteiger partial charge is 0.508 e. The maximum atomic E-state index is 11.7. The number of phenols is 1. The predicted octanol–water partition coefficient (Wildman–Crippen LogP) is 1.39. The molecule has 1 amide bonds. The van der Waals surface area contributed by atoms with Gasteiger partial charge in [0.25, 0.3) is 0 Å². The van der Waals surface area contributed by atoms with E-state index in [1.807, 2.05) is 12.1 Å². The first-order valence-corrected chi connectivity index (χ1v) is 5.83. The van der Waals surface area contributed by atoms with Crippen LogP contribution in [0.4, 0.5) is 0 Å². The van der Waals surface area contributed by atoms with Gasteiger partial charge in [-0.1, -0.05) is 6.07 Å². The minimum atomic E-state index is 0.0945. The van der Waals surface area contributed by atoms with Gasteiger partial charge in [-0.15, -0.1) is 0 Å². The molecule has 1 aromatic rings. The number of nitrogens with one attached hydrogen (secondary N) is 1. The van der Waals surface area contributed by atoms with E-state index in [1.165, 1.54) is 5.56 Å². The van der Waals surface area contributed by atoms with Gasteiger partial charge >= 0.3 is 0 Å². The normalized spacial score (nSPS) is 27.9. The zero-order valence-corrected chi connectivity index (χ0v) is 9.07. The molecule has 1 aromatic carbocycles. The van der Waals surface area contributed by atoms with Crippen LogP contribution in [-0.4, -0.2) is 17.1 Å². The van der Waals surface area contributed by atoms with Crippen molar-refractivity contribution in [3.63, 3.8) is 0 Å². The van der Waals surface area contributed by atoms with Crippen molar-refractivity contribution in [1.82, 2.24) is 5.32 Å². The van der Waals surface area contributed by atoms with Gasteiger partial charge < -0.3 is 10.4 Å². The fourth-order valence-electron chi connectivity index (χ4n) is 2.80. The number of fused-ring (bicyclic) bond motifs is 2. The van der Waals surface area contributed by atoms with Crippen molar-refractivity contribution < 1.29 is 9.90 Å². The number of hydrogen-bond acceptors (Lipinski definition) is 2. The second kappa shape index (κ2) is 3.51. The molecule has 3 aliphatic rings. The standard InChI is InChI=1S/C13H15NO2/c15-12-4-2-8-6-11-3-1-9(13(16)14-11)5-10(8)7-12/h2,4,7,9,11,15H,1,3,5-6H2,(H,14,16). The maximum Gasteiger partial charge on any atom is 0.223 e. The van der Waals surface area contributed by atoms with Crippen LogP contribution in [0.1, 0.15) is 24.0 Å². The Kier molecular flexibility index (Phi) is 2.13. The van der Waals surface area contributed by atoms with Gasteiger partial charge in [0.05, 0.1) is 0 Å². The molecule has 2 atom stereocenters. The van der Waals surface area contributed by atoms with E-state index in [9.17, 15) is 9.90 Å². The van der Waals surface area contributed by atoms with Crippen molar-refractivity contribution in [2.45, 2.75) is 31.7 Å². The first-order chi connectivity index (χ1) is 7.72. The molecule has 16 heavy (non-hydrogen) atoms. The van der Waals surface area contributed by atoms with Crippen LogP contribution in [0.25, 0.3) is 0 Å². The summed E-state index contributed by atoms with van der Waals surface area (Å²) in [5.74, 6) is 0.581. The highest BCUT2D eigenvalue weighted by Gasteiger charge is 2.31. The molecule has 1 fully saturated rings. The fourth-order valence-corrected chi connectivity index (χ4v) is 2.80. The Bertz CT molecular complexity index is 442. The Morgan fingerprint density at radius 3 is 2.88 bits per heavy atom. The summed E-state index contributed by atoms with van der Waals surface area (Å²) in [5, 5.41) is 12.6. The van der Waals surface area contributed by atoms with Crippen molar-refractivity contribution in [2.24, 2.45) is 5.92 Å². The number of amides is 1. The highest BCUT2D eigenvalue weighted by molar-refractivity contribution is 5.80. The van der Waals surface area contributed by atoms with Crippen molar-refractivity contribution in [2.75, 3.05) is 0 Å². The van der Waals surface area contributed by atoms with Crippen LogP contribution < -0.4 is 5.32 Å². The van der Waals surface area contributed by atoms with Gasteiger partial charge in [0.15, 0.2) is 0 Å². The van der Waals surface area contributed by atoms with E-state index < -0.39 is 0 Å². The summed E-state index contributed by atoms with van der Waals surface area (Å²) in [6, 6.07) is 5.81. The number of piperidine rings is 1. The zero-order valence-electron chi connectivity index (χ0n) is 9.07. The lowest BCUT2D eigenvalue weighted by Crippen LogP contribution is -2.47. The molecule has 3 heteroatoms. The van der Waals surface area contributed by atoms with Crippen molar-refractivity contribution in [3.05, 3.63) is 29.3 Å². The molecule has 2 heterocycles. The number of carbonyl (C=O) groups excluding carboxylic acids is 1. The SMILES string of the molecule is O=C1NC2CCC1Cc1cc(O)ccc1C2. The molecule has 0 aromatic heterocycles. The molecule has 2 N–H and O–H groups in total. The molecule has 0 saturated carbocycles. The van der Waals surface area contributed by atoms with Crippen LogP contribution in [0, 0.1) is 5.92 Å². The molecule has 3 nitrogen and oxygen atoms in total. The monoisotopic (exact) mass is 217 g/mol. The van der Waals surface area contributed by atoms with Gasteiger partial charge in [-0.2, -0.15) is 0 Å². The van der Waals surface area contributed by atoms with Crippen LogP contribution in [0.3, 0.4) is 0 Å². The van der Waals surface area contributed by atoms with E-state index >= 15 is 0 Å². The molecule has 1 saturated heterocycles. The lowest BCUT2D eigenvalue weighted by molar-refractivity contribution is -0.128. The van der Waals surface area contributed by atoms with Crippen molar-refractivity contribution >= 4 is 5.91 Å². The third-order valence-electron chi connectivity index (χ3n) is 3.70. The molecule has 2 aliphatic heterocycles. The molecule has 2 unspecified atom stereocenters. The Labute approximate surface area is 94.5 Å².